The molecule has 1 aliphatic rings. The van der Waals surface area contributed by atoms with E-state index in [0.29, 0.717) is 23.0 Å². The summed E-state index contributed by atoms with van der Waals surface area (Å²) in [5.41, 5.74) is 0.552. The molecule has 1 aromatic carbocycles. The number of rotatable bonds is 3. The maximum atomic E-state index is 12.9. The van der Waals surface area contributed by atoms with Crippen LogP contribution in [0.4, 0.5) is 0 Å². The van der Waals surface area contributed by atoms with E-state index in [1.807, 2.05) is 30.2 Å². The summed E-state index contributed by atoms with van der Waals surface area (Å²) in [6, 6.07) is 5.51. The number of aromatic amines is 1. The Kier molecular flexibility index (Phi) is 4.40. The second-order valence-corrected chi connectivity index (χ2v) is 6.56. The van der Waals surface area contributed by atoms with E-state index in [0.717, 1.165) is 23.6 Å². The van der Waals surface area contributed by atoms with Gasteiger partial charge < -0.3 is 4.90 Å². The van der Waals surface area contributed by atoms with E-state index in [-0.39, 0.29) is 11.9 Å². The molecule has 1 amide bonds. The molecule has 0 spiro atoms. The lowest BCUT2D eigenvalue weighted by Crippen LogP contribution is -2.31. The lowest BCUT2D eigenvalue weighted by atomic mass is 10.1. The Labute approximate surface area is 138 Å². The van der Waals surface area contributed by atoms with E-state index in [9.17, 15) is 4.79 Å². The standard InChI is InChI=1S/C15H17ClN4OS/c1-9-17-14(19-18-9)13-4-3-7-20(13)15(21)11-8-10(22-2)5-6-12(11)16/h5-6,8,13H,3-4,7H2,1-2H3,(H,17,18,19)/t13-/m1/s1. The Morgan fingerprint density at radius 1 is 1.50 bits per heavy atom. The summed E-state index contributed by atoms with van der Waals surface area (Å²) in [4.78, 5) is 20.1. The number of halogens is 1. The third-order valence-corrected chi connectivity index (χ3v) is 4.90. The zero-order chi connectivity index (χ0) is 15.7. The minimum absolute atomic E-state index is 0.0440. The van der Waals surface area contributed by atoms with Gasteiger partial charge >= 0.3 is 0 Å². The largest absolute Gasteiger partial charge is 0.328 e. The molecular formula is C15H17ClN4OS. The number of aryl methyl sites for hydroxylation is 1. The van der Waals surface area contributed by atoms with Crippen molar-refractivity contribution in [2.45, 2.75) is 30.7 Å². The number of amides is 1. The third kappa shape index (κ3) is 2.85. The molecule has 0 unspecified atom stereocenters. The second-order valence-electron chi connectivity index (χ2n) is 5.27. The van der Waals surface area contributed by atoms with Crippen molar-refractivity contribution in [2.75, 3.05) is 12.8 Å². The van der Waals surface area contributed by atoms with Crippen molar-refractivity contribution >= 4 is 29.3 Å². The van der Waals surface area contributed by atoms with Crippen LogP contribution in [0.5, 0.6) is 0 Å². The number of carbonyl (C=O) groups excluding carboxylic acids is 1. The van der Waals surface area contributed by atoms with Crippen LogP contribution in [0.25, 0.3) is 0 Å². The molecule has 7 heteroatoms. The summed E-state index contributed by atoms with van der Waals surface area (Å²) in [7, 11) is 0. The van der Waals surface area contributed by atoms with Gasteiger partial charge in [-0.3, -0.25) is 9.89 Å². The molecule has 0 aliphatic carbocycles. The Morgan fingerprint density at radius 3 is 3.00 bits per heavy atom. The Bertz CT molecular complexity index is 703. The lowest BCUT2D eigenvalue weighted by Gasteiger charge is -2.23. The maximum Gasteiger partial charge on any atom is 0.256 e. The number of hydrogen-bond acceptors (Lipinski definition) is 4. The number of nitrogens with zero attached hydrogens (tertiary/aromatic N) is 3. The predicted octanol–water partition coefficient (Wildman–Crippen LogP) is 3.47. The summed E-state index contributed by atoms with van der Waals surface area (Å²) < 4.78 is 0. The van der Waals surface area contributed by atoms with Crippen molar-refractivity contribution in [3.63, 3.8) is 0 Å². The number of likely N-dealkylation sites (tertiary alicyclic amines) is 1. The number of thioether (sulfide) groups is 1. The van der Waals surface area contributed by atoms with Gasteiger partial charge in [-0.15, -0.1) is 11.8 Å². The molecule has 3 rings (SSSR count). The van der Waals surface area contributed by atoms with Gasteiger partial charge in [0.15, 0.2) is 0 Å². The maximum absolute atomic E-state index is 12.9. The fraction of sp³-hybridized carbons (Fsp3) is 0.400. The average Bonchev–Trinajstić information content (AvgIpc) is 3.15. The van der Waals surface area contributed by atoms with Gasteiger partial charge in [0.25, 0.3) is 5.91 Å². The molecule has 1 saturated heterocycles. The number of H-pyrrole nitrogens is 1. The third-order valence-electron chi connectivity index (χ3n) is 3.85. The zero-order valence-electron chi connectivity index (χ0n) is 12.5. The van der Waals surface area contributed by atoms with E-state index in [2.05, 4.69) is 15.2 Å². The highest BCUT2D eigenvalue weighted by molar-refractivity contribution is 7.98. The molecule has 1 aliphatic heterocycles. The first-order chi connectivity index (χ1) is 10.6. The van der Waals surface area contributed by atoms with Gasteiger partial charge in [-0.05, 0) is 44.2 Å². The minimum Gasteiger partial charge on any atom is -0.328 e. The number of aromatic nitrogens is 3. The van der Waals surface area contributed by atoms with Crippen molar-refractivity contribution in [1.82, 2.24) is 20.1 Å². The SMILES string of the molecule is CSc1ccc(Cl)c(C(=O)N2CCC[C@@H]2c2nc(C)n[nH]2)c1. The monoisotopic (exact) mass is 336 g/mol. The van der Waals surface area contributed by atoms with Crippen molar-refractivity contribution in [3.05, 3.63) is 40.4 Å². The van der Waals surface area contributed by atoms with Gasteiger partial charge in [0, 0.05) is 11.4 Å². The van der Waals surface area contributed by atoms with Crippen LogP contribution in [0.15, 0.2) is 23.1 Å². The molecule has 116 valence electrons. The summed E-state index contributed by atoms with van der Waals surface area (Å²) in [5.74, 6) is 1.40. The molecule has 0 bridgehead atoms. The smallest absolute Gasteiger partial charge is 0.256 e. The van der Waals surface area contributed by atoms with Crippen molar-refractivity contribution < 1.29 is 4.79 Å². The van der Waals surface area contributed by atoms with E-state index in [1.165, 1.54) is 0 Å². The average molecular weight is 337 g/mol. The fourth-order valence-corrected chi connectivity index (χ4v) is 3.39. The van der Waals surface area contributed by atoms with Crippen LogP contribution >= 0.6 is 23.4 Å². The van der Waals surface area contributed by atoms with Gasteiger partial charge in [0.05, 0.1) is 16.6 Å². The molecule has 22 heavy (non-hydrogen) atoms. The van der Waals surface area contributed by atoms with Crippen LogP contribution < -0.4 is 0 Å². The number of carbonyl (C=O) groups is 1. The molecule has 2 heterocycles. The van der Waals surface area contributed by atoms with Crippen LogP contribution in [0.3, 0.4) is 0 Å². The first-order valence-electron chi connectivity index (χ1n) is 7.13. The van der Waals surface area contributed by atoms with Gasteiger partial charge in [0.2, 0.25) is 0 Å². The van der Waals surface area contributed by atoms with Crippen LogP contribution in [0.1, 0.15) is 40.9 Å². The van der Waals surface area contributed by atoms with Gasteiger partial charge in [-0.1, -0.05) is 11.6 Å². The first-order valence-corrected chi connectivity index (χ1v) is 8.74. The first kappa shape index (κ1) is 15.4. The number of hydrogen-bond donors (Lipinski definition) is 1. The van der Waals surface area contributed by atoms with Crippen LogP contribution in [-0.4, -0.2) is 38.8 Å². The quantitative estimate of drug-likeness (QED) is 0.872. The van der Waals surface area contributed by atoms with Crippen LogP contribution in [-0.2, 0) is 0 Å². The van der Waals surface area contributed by atoms with Gasteiger partial charge in [-0.25, -0.2) is 4.98 Å². The Balaban J connectivity index is 1.91. The van der Waals surface area contributed by atoms with Crippen molar-refractivity contribution in [3.8, 4) is 0 Å². The highest BCUT2D eigenvalue weighted by Crippen LogP contribution is 2.33. The predicted molar refractivity (Wildman–Crippen MR) is 87.4 cm³/mol. The molecule has 0 radical (unpaired) electrons. The Morgan fingerprint density at radius 2 is 2.32 bits per heavy atom. The zero-order valence-corrected chi connectivity index (χ0v) is 14.0. The van der Waals surface area contributed by atoms with Gasteiger partial charge in [-0.2, -0.15) is 5.10 Å². The number of nitrogens with one attached hydrogen (secondary N) is 1. The van der Waals surface area contributed by atoms with E-state index in [1.54, 1.807) is 17.8 Å². The Hall–Kier alpha value is -1.53. The highest BCUT2D eigenvalue weighted by Gasteiger charge is 2.33. The van der Waals surface area contributed by atoms with E-state index in [4.69, 9.17) is 11.6 Å². The van der Waals surface area contributed by atoms with Gasteiger partial charge in [0.1, 0.15) is 11.6 Å². The molecule has 1 aromatic heterocycles. The van der Waals surface area contributed by atoms with Crippen molar-refractivity contribution in [1.29, 1.82) is 0 Å². The summed E-state index contributed by atoms with van der Waals surface area (Å²) in [5, 5.41) is 7.49. The van der Waals surface area contributed by atoms with E-state index < -0.39 is 0 Å². The molecule has 1 fully saturated rings. The molecule has 5 nitrogen and oxygen atoms in total. The number of benzene rings is 1. The van der Waals surface area contributed by atoms with E-state index >= 15 is 0 Å². The molecule has 2 aromatic rings. The summed E-state index contributed by atoms with van der Waals surface area (Å²) >= 11 is 7.83. The topological polar surface area (TPSA) is 61.9 Å². The molecule has 1 atom stereocenters. The summed E-state index contributed by atoms with van der Waals surface area (Å²) in [6.45, 7) is 2.54. The van der Waals surface area contributed by atoms with Crippen LogP contribution in [0.2, 0.25) is 5.02 Å². The summed E-state index contributed by atoms with van der Waals surface area (Å²) in [6.07, 6.45) is 3.82. The van der Waals surface area contributed by atoms with Crippen LogP contribution in [0, 0.1) is 6.92 Å². The van der Waals surface area contributed by atoms with Crippen molar-refractivity contribution in [2.24, 2.45) is 0 Å². The molecule has 1 N–H and O–H groups in total. The highest BCUT2D eigenvalue weighted by atomic mass is 35.5. The molecule has 0 saturated carbocycles. The lowest BCUT2D eigenvalue weighted by molar-refractivity contribution is 0.0730. The fourth-order valence-electron chi connectivity index (χ4n) is 2.76. The molecular weight excluding hydrogens is 320 g/mol. The second kappa shape index (κ2) is 6.30. The normalized spacial score (nSPS) is 18.0. The minimum atomic E-state index is -0.0531.